The van der Waals surface area contributed by atoms with Crippen LogP contribution in [0, 0.1) is 0 Å². The van der Waals surface area contributed by atoms with Crippen molar-refractivity contribution in [2.75, 3.05) is 7.11 Å². The third-order valence-corrected chi connectivity index (χ3v) is 3.65. The number of hydrogen-bond acceptors (Lipinski definition) is 3. The number of rotatable bonds is 2. The Morgan fingerprint density at radius 1 is 1.24 bits per heavy atom. The van der Waals surface area contributed by atoms with E-state index < -0.39 is 0 Å². The van der Waals surface area contributed by atoms with Gasteiger partial charge in [0.05, 0.1) is 7.11 Å². The van der Waals surface area contributed by atoms with Crippen LogP contribution in [0.5, 0.6) is 5.75 Å². The summed E-state index contributed by atoms with van der Waals surface area (Å²) >= 11 is 1.73. The summed E-state index contributed by atoms with van der Waals surface area (Å²) in [5, 5.41) is 4.40. The lowest BCUT2D eigenvalue weighted by atomic mass is 10.0. The third-order valence-electron chi connectivity index (χ3n) is 2.75. The molecule has 0 fully saturated rings. The van der Waals surface area contributed by atoms with Crippen LogP contribution in [0.2, 0.25) is 0 Å². The number of methoxy groups -OCH3 is 1. The number of thiophene rings is 1. The molecule has 0 amide bonds. The van der Waals surface area contributed by atoms with Gasteiger partial charge in [0.25, 0.3) is 0 Å². The Morgan fingerprint density at radius 3 is 2.94 bits per heavy atom. The molecular formula is C14H11NOS. The maximum Gasteiger partial charge on any atom is 0.120 e. The summed E-state index contributed by atoms with van der Waals surface area (Å²) in [6.07, 6.45) is 3.70. The fourth-order valence-corrected chi connectivity index (χ4v) is 2.69. The Kier molecular flexibility index (Phi) is 2.53. The van der Waals surface area contributed by atoms with Crippen molar-refractivity contribution >= 4 is 22.1 Å². The lowest BCUT2D eigenvalue weighted by molar-refractivity contribution is 0.415. The molecule has 2 aromatic heterocycles. The summed E-state index contributed by atoms with van der Waals surface area (Å²) in [6, 6.07) is 10.3. The molecule has 0 bridgehead atoms. The van der Waals surface area contributed by atoms with Gasteiger partial charge in [-0.2, -0.15) is 0 Å². The van der Waals surface area contributed by atoms with Crippen molar-refractivity contribution in [3.63, 3.8) is 0 Å². The lowest BCUT2D eigenvalue weighted by Crippen LogP contribution is -1.86. The summed E-state index contributed by atoms with van der Waals surface area (Å²) in [6.45, 7) is 0. The van der Waals surface area contributed by atoms with E-state index in [4.69, 9.17) is 4.74 Å². The monoisotopic (exact) mass is 241 g/mol. The molecule has 3 rings (SSSR count). The zero-order chi connectivity index (χ0) is 11.7. The number of nitrogens with zero attached hydrogens (tertiary/aromatic N) is 1. The molecule has 0 unspecified atom stereocenters. The second-order valence-electron chi connectivity index (χ2n) is 3.75. The summed E-state index contributed by atoms with van der Waals surface area (Å²) in [5.41, 5.74) is 1.21. The largest absolute Gasteiger partial charge is 0.497 e. The van der Waals surface area contributed by atoms with E-state index in [1.165, 1.54) is 15.8 Å². The molecule has 84 valence electrons. The standard InChI is InChI=1S/C14H11NOS/c1-16-11-7-10-9-15-5-4-12(10)13(8-11)14-3-2-6-17-14/h2-9H,1H3. The van der Waals surface area contributed by atoms with E-state index in [1.54, 1.807) is 18.4 Å². The Balaban J connectivity index is 2.35. The molecule has 0 atom stereocenters. The van der Waals surface area contributed by atoms with Crippen molar-refractivity contribution in [1.82, 2.24) is 4.98 Å². The fraction of sp³-hybridized carbons (Fsp3) is 0.0714. The molecule has 0 N–H and O–H groups in total. The van der Waals surface area contributed by atoms with Gasteiger partial charge in [0.1, 0.15) is 5.75 Å². The molecule has 3 heteroatoms. The molecule has 0 aliphatic carbocycles. The van der Waals surface area contributed by atoms with E-state index in [1.807, 2.05) is 24.5 Å². The molecule has 3 aromatic rings. The van der Waals surface area contributed by atoms with E-state index in [-0.39, 0.29) is 0 Å². The molecule has 0 saturated carbocycles. The highest BCUT2D eigenvalue weighted by molar-refractivity contribution is 7.13. The number of aromatic nitrogens is 1. The van der Waals surface area contributed by atoms with Gasteiger partial charge in [-0.3, -0.25) is 4.98 Å². The molecule has 2 nitrogen and oxygen atoms in total. The number of pyridine rings is 1. The zero-order valence-electron chi connectivity index (χ0n) is 9.38. The molecule has 0 spiro atoms. The average Bonchev–Trinajstić information content (AvgIpc) is 2.91. The Bertz CT molecular complexity index is 646. The zero-order valence-corrected chi connectivity index (χ0v) is 10.2. The molecule has 2 heterocycles. The fourth-order valence-electron chi connectivity index (χ4n) is 1.94. The number of hydrogen-bond donors (Lipinski definition) is 0. The van der Waals surface area contributed by atoms with Crippen LogP contribution in [0.4, 0.5) is 0 Å². The highest BCUT2D eigenvalue weighted by Crippen LogP contribution is 2.34. The van der Waals surface area contributed by atoms with E-state index in [0.29, 0.717) is 0 Å². The summed E-state index contributed by atoms with van der Waals surface area (Å²) < 4.78 is 5.34. The minimum Gasteiger partial charge on any atom is -0.497 e. The van der Waals surface area contributed by atoms with Gasteiger partial charge in [-0.15, -0.1) is 11.3 Å². The van der Waals surface area contributed by atoms with Gasteiger partial charge in [0.15, 0.2) is 0 Å². The van der Waals surface area contributed by atoms with Crippen LogP contribution in [0.25, 0.3) is 21.2 Å². The predicted octanol–water partition coefficient (Wildman–Crippen LogP) is 3.97. The molecule has 0 radical (unpaired) electrons. The maximum absolute atomic E-state index is 5.34. The van der Waals surface area contributed by atoms with Gasteiger partial charge >= 0.3 is 0 Å². The van der Waals surface area contributed by atoms with Crippen molar-refractivity contribution < 1.29 is 4.74 Å². The van der Waals surface area contributed by atoms with E-state index >= 15 is 0 Å². The molecule has 0 saturated heterocycles. The van der Waals surface area contributed by atoms with Crippen LogP contribution >= 0.6 is 11.3 Å². The van der Waals surface area contributed by atoms with E-state index in [0.717, 1.165) is 11.1 Å². The highest BCUT2D eigenvalue weighted by atomic mass is 32.1. The lowest BCUT2D eigenvalue weighted by Gasteiger charge is -2.07. The molecule has 0 aliphatic rings. The van der Waals surface area contributed by atoms with E-state index in [2.05, 4.69) is 28.6 Å². The van der Waals surface area contributed by atoms with Gasteiger partial charge in [-0.1, -0.05) is 6.07 Å². The first-order valence-electron chi connectivity index (χ1n) is 5.34. The first-order chi connectivity index (χ1) is 8.38. The van der Waals surface area contributed by atoms with Crippen molar-refractivity contribution in [3.8, 4) is 16.2 Å². The Hall–Kier alpha value is -1.87. The van der Waals surface area contributed by atoms with Gasteiger partial charge in [0, 0.05) is 28.2 Å². The van der Waals surface area contributed by atoms with Gasteiger partial charge < -0.3 is 4.74 Å². The van der Waals surface area contributed by atoms with Crippen molar-refractivity contribution in [3.05, 3.63) is 48.1 Å². The van der Waals surface area contributed by atoms with Crippen molar-refractivity contribution in [1.29, 1.82) is 0 Å². The molecule has 0 aliphatic heterocycles. The van der Waals surface area contributed by atoms with Crippen molar-refractivity contribution in [2.45, 2.75) is 0 Å². The summed E-state index contributed by atoms with van der Waals surface area (Å²) in [5.74, 6) is 0.869. The molecule has 1 aromatic carbocycles. The smallest absolute Gasteiger partial charge is 0.120 e. The number of benzene rings is 1. The quantitative estimate of drug-likeness (QED) is 0.677. The first-order valence-corrected chi connectivity index (χ1v) is 6.22. The average molecular weight is 241 g/mol. The summed E-state index contributed by atoms with van der Waals surface area (Å²) in [4.78, 5) is 5.41. The number of fused-ring (bicyclic) bond motifs is 1. The van der Waals surface area contributed by atoms with Gasteiger partial charge in [-0.25, -0.2) is 0 Å². The first kappa shape index (κ1) is 10.3. The van der Waals surface area contributed by atoms with Gasteiger partial charge in [0.2, 0.25) is 0 Å². The van der Waals surface area contributed by atoms with Crippen molar-refractivity contribution in [2.24, 2.45) is 0 Å². The van der Waals surface area contributed by atoms with Gasteiger partial charge in [-0.05, 0) is 35.0 Å². The highest BCUT2D eigenvalue weighted by Gasteiger charge is 2.07. The SMILES string of the molecule is COc1cc(-c2cccs2)c2ccncc2c1. The minimum atomic E-state index is 0.869. The van der Waals surface area contributed by atoms with Crippen LogP contribution in [0.1, 0.15) is 0 Å². The Labute approximate surface area is 104 Å². The molecule has 17 heavy (non-hydrogen) atoms. The van der Waals surface area contributed by atoms with Crippen LogP contribution in [0.15, 0.2) is 48.1 Å². The topological polar surface area (TPSA) is 22.1 Å². The predicted molar refractivity (Wildman–Crippen MR) is 71.6 cm³/mol. The minimum absolute atomic E-state index is 0.869. The Morgan fingerprint density at radius 2 is 2.18 bits per heavy atom. The van der Waals surface area contributed by atoms with E-state index in [9.17, 15) is 0 Å². The normalized spacial score (nSPS) is 10.6. The molecular weight excluding hydrogens is 230 g/mol. The number of ether oxygens (including phenoxy) is 1. The second kappa shape index (κ2) is 4.18. The maximum atomic E-state index is 5.34. The van der Waals surface area contributed by atoms with Crippen LogP contribution < -0.4 is 4.74 Å². The van der Waals surface area contributed by atoms with Crippen LogP contribution in [-0.2, 0) is 0 Å². The van der Waals surface area contributed by atoms with Crippen LogP contribution in [-0.4, -0.2) is 12.1 Å². The third kappa shape index (κ3) is 1.78. The second-order valence-corrected chi connectivity index (χ2v) is 4.70. The summed E-state index contributed by atoms with van der Waals surface area (Å²) in [7, 11) is 1.69. The van der Waals surface area contributed by atoms with Crippen LogP contribution in [0.3, 0.4) is 0 Å².